The predicted molar refractivity (Wildman–Crippen MR) is 134 cm³/mol. The van der Waals surface area contributed by atoms with E-state index >= 15 is 0 Å². The zero-order valence-electron chi connectivity index (χ0n) is 18.5. The second kappa shape index (κ2) is 13.3. The smallest absolute Gasteiger partial charge is 0.222 e. The van der Waals surface area contributed by atoms with Gasteiger partial charge in [0.1, 0.15) is 12.2 Å². The van der Waals surface area contributed by atoms with Crippen molar-refractivity contribution in [2.45, 2.75) is 52.1 Å². The first-order valence-electron chi connectivity index (χ1n) is 10.9. The predicted octanol–water partition coefficient (Wildman–Crippen LogP) is 2.77. The third-order valence-electron chi connectivity index (χ3n) is 5.34. The topological polar surface area (TPSA) is 87.4 Å². The number of carbonyl (C=O) groups is 1. The zero-order valence-corrected chi connectivity index (χ0v) is 20.8. The van der Waals surface area contributed by atoms with Gasteiger partial charge in [-0.05, 0) is 25.3 Å². The Morgan fingerprint density at radius 3 is 2.77 bits per heavy atom. The Hall–Kier alpha value is -2.17. The van der Waals surface area contributed by atoms with Crippen molar-refractivity contribution in [1.82, 2.24) is 30.3 Å². The standard InChI is InChI=1S/C22H33N7O.HI/c1-3-20-27-25-17-29(20)16-13-24-22(26-18(2)19-9-5-4-6-10-19)23-12-8-15-28-14-7-11-21(28)30;/h4-6,9-10,17-18H,3,7-8,11-16H2,1-2H3,(H2,23,24,26);1H. The Morgan fingerprint density at radius 1 is 1.26 bits per heavy atom. The number of benzene rings is 1. The van der Waals surface area contributed by atoms with Crippen LogP contribution in [0.3, 0.4) is 0 Å². The van der Waals surface area contributed by atoms with Crippen LogP contribution in [0.4, 0.5) is 0 Å². The van der Waals surface area contributed by atoms with Gasteiger partial charge in [0.25, 0.3) is 0 Å². The minimum absolute atomic E-state index is 0. The summed E-state index contributed by atoms with van der Waals surface area (Å²) in [5, 5.41) is 15.0. The fraction of sp³-hybridized carbons (Fsp3) is 0.545. The van der Waals surface area contributed by atoms with Crippen molar-refractivity contribution in [1.29, 1.82) is 0 Å². The van der Waals surface area contributed by atoms with E-state index in [1.54, 1.807) is 6.33 Å². The third-order valence-corrected chi connectivity index (χ3v) is 5.34. The molecule has 0 spiro atoms. The van der Waals surface area contributed by atoms with Crippen molar-refractivity contribution in [3.63, 3.8) is 0 Å². The van der Waals surface area contributed by atoms with Gasteiger partial charge in [0.2, 0.25) is 5.91 Å². The summed E-state index contributed by atoms with van der Waals surface area (Å²) in [7, 11) is 0. The van der Waals surface area contributed by atoms with E-state index in [9.17, 15) is 4.79 Å². The number of aliphatic imine (C=N–C) groups is 1. The van der Waals surface area contributed by atoms with Gasteiger partial charge >= 0.3 is 0 Å². The fourth-order valence-electron chi connectivity index (χ4n) is 3.61. The maximum absolute atomic E-state index is 11.8. The monoisotopic (exact) mass is 539 g/mol. The summed E-state index contributed by atoms with van der Waals surface area (Å²) in [6.07, 6.45) is 5.16. The van der Waals surface area contributed by atoms with Crippen molar-refractivity contribution >= 4 is 35.8 Å². The van der Waals surface area contributed by atoms with E-state index < -0.39 is 0 Å². The van der Waals surface area contributed by atoms with Crippen LogP contribution < -0.4 is 10.6 Å². The molecule has 170 valence electrons. The molecule has 0 aliphatic carbocycles. The number of nitrogens with one attached hydrogen (secondary N) is 2. The number of aryl methyl sites for hydroxylation is 1. The van der Waals surface area contributed by atoms with Crippen molar-refractivity contribution in [3.05, 3.63) is 48.0 Å². The zero-order chi connectivity index (χ0) is 21.2. The first kappa shape index (κ1) is 25.1. The van der Waals surface area contributed by atoms with Crippen molar-refractivity contribution in [3.8, 4) is 0 Å². The van der Waals surface area contributed by atoms with Crippen molar-refractivity contribution in [2.24, 2.45) is 4.99 Å². The summed E-state index contributed by atoms with van der Waals surface area (Å²) < 4.78 is 2.06. The van der Waals surface area contributed by atoms with E-state index in [1.807, 2.05) is 23.1 Å². The van der Waals surface area contributed by atoms with Crippen molar-refractivity contribution in [2.75, 3.05) is 26.2 Å². The quantitative estimate of drug-likeness (QED) is 0.210. The van der Waals surface area contributed by atoms with Crippen LogP contribution in [0.2, 0.25) is 0 Å². The molecule has 0 bridgehead atoms. The molecule has 1 aliphatic heterocycles. The van der Waals surface area contributed by atoms with Crippen LogP contribution in [0.15, 0.2) is 41.7 Å². The number of aromatic nitrogens is 3. The molecule has 1 aromatic carbocycles. The summed E-state index contributed by atoms with van der Waals surface area (Å²) in [5.74, 6) is 2.04. The lowest BCUT2D eigenvalue weighted by atomic mass is 10.1. The van der Waals surface area contributed by atoms with Gasteiger partial charge in [-0.15, -0.1) is 34.2 Å². The first-order chi connectivity index (χ1) is 14.7. The molecule has 1 atom stereocenters. The van der Waals surface area contributed by atoms with Gasteiger partial charge in [0.05, 0.1) is 6.04 Å². The lowest BCUT2D eigenvalue weighted by Crippen LogP contribution is -2.40. The molecule has 1 aromatic heterocycles. The lowest BCUT2D eigenvalue weighted by molar-refractivity contribution is -0.127. The minimum atomic E-state index is 0. The van der Waals surface area contributed by atoms with Crippen LogP contribution in [0.1, 0.15) is 50.5 Å². The highest BCUT2D eigenvalue weighted by Crippen LogP contribution is 2.11. The van der Waals surface area contributed by atoms with Crippen LogP contribution >= 0.6 is 24.0 Å². The average molecular weight is 539 g/mol. The number of amides is 1. The molecule has 1 saturated heterocycles. The summed E-state index contributed by atoms with van der Waals surface area (Å²) in [6, 6.07) is 10.5. The molecule has 2 aromatic rings. The van der Waals surface area contributed by atoms with E-state index in [-0.39, 0.29) is 35.9 Å². The largest absolute Gasteiger partial charge is 0.355 e. The Bertz CT molecular complexity index is 824. The van der Waals surface area contributed by atoms with Gasteiger partial charge in [0.15, 0.2) is 5.96 Å². The molecule has 0 radical (unpaired) electrons. The average Bonchev–Trinajstić information content (AvgIpc) is 3.39. The molecule has 1 fully saturated rings. The molecule has 9 heteroatoms. The van der Waals surface area contributed by atoms with E-state index in [0.29, 0.717) is 13.0 Å². The van der Waals surface area contributed by atoms with Crippen LogP contribution in [-0.4, -0.2) is 57.7 Å². The second-order valence-corrected chi connectivity index (χ2v) is 7.57. The molecule has 0 saturated carbocycles. The molecule has 8 nitrogen and oxygen atoms in total. The first-order valence-corrected chi connectivity index (χ1v) is 10.9. The van der Waals surface area contributed by atoms with E-state index in [1.165, 1.54) is 5.56 Å². The molecule has 3 rings (SSSR count). The Labute approximate surface area is 201 Å². The van der Waals surface area contributed by atoms with Gasteiger partial charge in [0, 0.05) is 45.6 Å². The summed E-state index contributed by atoms with van der Waals surface area (Å²) in [4.78, 5) is 18.5. The van der Waals surface area contributed by atoms with Crippen molar-refractivity contribution < 1.29 is 4.79 Å². The number of hydrogen-bond donors (Lipinski definition) is 2. The number of likely N-dealkylation sites (tertiary alicyclic amines) is 1. The maximum atomic E-state index is 11.8. The number of carbonyl (C=O) groups excluding carboxylic acids is 1. The molecular formula is C22H34IN7O. The van der Waals surface area contributed by atoms with E-state index in [4.69, 9.17) is 4.99 Å². The number of rotatable bonds is 10. The van der Waals surface area contributed by atoms with E-state index in [0.717, 1.165) is 57.2 Å². The minimum Gasteiger partial charge on any atom is -0.355 e. The van der Waals surface area contributed by atoms with Gasteiger partial charge in [-0.3, -0.25) is 9.79 Å². The summed E-state index contributed by atoms with van der Waals surface area (Å²) in [6.45, 7) is 8.05. The van der Waals surface area contributed by atoms with Crippen LogP contribution in [0, 0.1) is 0 Å². The molecule has 2 N–H and O–H groups in total. The Balaban J connectivity index is 0.00000341. The van der Waals surface area contributed by atoms with E-state index in [2.05, 4.69) is 51.4 Å². The Kier molecular flexibility index (Phi) is 10.8. The highest BCUT2D eigenvalue weighted by molar-refractivity contribution is 14.0. The SMILES string of the molecule is CCc1nncn1CCNC(=NCCCN1CCCC1=O)NC(C)c1ccccc1.I. The fourth-order valence-corrected chi connectivity index (χ4v) is 3.61. The van der Waals surface area contributed by atoms with Gasteiger partial charge in [-0.1, -0.05) is 37.3 Å². The highest BCUT2D eigenvalue weighted by Gasteiger charge is 2.19. The van der Waals surface area contributed by atoms with Gasteiger partial charge in [-0.2, -0.15) is 0 Å². The molecule has 1 unspecified atom stereocenters. The number of hydrogen-bond acceptors (Lipinski definition) is 4. The summed E-state index contributed by atoms with van der Waals surface area (Å²) in [5.41, 5.74) is 1.21. The molecule has 1 amide bonds. The maximum Gasteiger partial charge on any atom is 0.222 e. The summed E-state index contributed by atoms with van der Waals surface area (Å²) >= 11 is 0. The Morgan fingerprint density at radius 2 is 2.06 bits per heavy atom. The molecular weight excluding hydrogens is 505 g/mol. The second-order valence-electron chi connectivity index (χ2n) is 7.57. The lowest BCUT2D eigenvalue weighted by Gasteiger charge is -2.19. The number of halogens is 1. The molecule has 2 heterocycles. The van der Waals surface area contributed by atoms with Crippen LogP contribution in [0.25, 0.3) is 0 Å². The molecule has 1 aliphatic rings. The van der Waals surface area contributed by atoms with Gasteiger partial charge in [-0.25, -0.2) is 0 Å². The normalized spacial score (nSPS) is 15.0. The third kappa shape index (κ3) is 7.79. The highest BCUT2D eigenvalue weighted by atomic mass is 127. The van der Waals surface area contributed by atoms with Gasteiger partial charge < -0.3 is 20.1 Å². The van der Waals surface area contributed by atoms with Crippen LogP contribution in [-0.2, 0) is 17.8 Å². The molecule has 31 heavy (non-hydrogen) atoms. The number of guanidine groups is 1. The number of nitrogens with zero attached hydrogens (tertiary/aromatic N) is 5. The van der Waals surface area contributed by atoms with Crippen LogP contribution in [0.5, 0.6) is 0 Å².